The third-order valence-electron chi connectivity index (χ3n) is 7.93. The molecule has 2 bridgehead atoms. The molecule has 3 unspecified atom stereocenters. The Bertz CT molecular complexity index is 968. The number of ether oxygens (including phenoxy) is 1. The van der Waals surface area contributed by atoms with Gasteiger partial charge in [-0.1, -0.05) is 13.0 Å². The van der Waals surface area contributed by atoms with Crippen molar-refractivity contribution in [2.75, 3.05) is 19.7 Å². The quantitative estimate of drug-likeness (QED) is 0.690. The molecule has 2 aromatic carbocycles. The Kier molecular flexibility index (Phi) is 5.17. The lowest BCUT2D eigenvalue weighted by Gasteiger charge is -2.56. The highest BCUT2D eigenvalue weighted by Gasteiger charge is 2.51. The van der Waals surface area contributed by atoms with Gasteiger partial charge >= 0.3 is 5.97 Å². The number of likely N-dealkylation sites (tertiary alicyclic amines) is 1. The van der Waals surface area contributed by atoms with E-state index in [1.807, 2.05) is 12.1 Å². The van der Waals surface area contributed by atoms with Crippen molar-refractivity contribution in [3.05, 3.63) is 59.2 Å². The van der Waals surface area contributed by atoms with Gasteiger partial charge in [0.25, 0.3) is 0 Å². The molecule has 2 fully saturated rings. The first-order chi connectivity index (χ1) is 15.0. The Morgan fingerprint density at radius 3 is 2.68 bits per heavy atom. The van der Waals surface area contributed by atoms with Crippen LogP contribution >= 0.6 is 0 Å². The van der Waals surface area contributed by atoms with Gasteiger partial charge in [-0.25, -0.2) is 4.79 Å². The number of fused-ring (bicyclic) bond motifs is 4. The number of phenols is 1. The lowest BCUT2D eigenvalue weighted by atomic mass is 9.56. The number of aromatic carboxylic acids is 1. The Hall–Kier alpha value is -2.53. The van der Waals surface area contributed by atoms with Gasteiger partial charge in [0, 0.05) is 18.0 Å². The van der Waals surface area contributed by atoms with Crippen molar-refractivity contribution in [1.29, 1.82) is 0 Å². The van der Waals surface area contributed by atoms with Crippen LogP contribution in [0.15, 0.2) is 42.5 Å². The number of carboxylic acids is 1. The highest BCUT2D eigenvalue weighted by atomic mass is 16.5. The molecule has 0 amide bonds. The zero-order valence-electron chi connectivity index (χ0n) is 18.1. The van der Waals surface area contributed by atoms with Crippen LogP contribution in [0.3, 0.4) is 0 Å². The Balaban J connectivity index is 1.37. The van der Waals surface area contributed by atoms with Crippen LogP contribution in [0.1, 0.15) is 54.1 Å². The minimum Gasteiger partial charge on any atom is -0.508 e. The van der Waals surface area contributed by atoms with E-state index >= 15 is 0 Å². The molecule has 1 heterocycles. The Morgan fingerprint density at radius 2 is 1.97 bits per heavy atom. The number of aromatic hydroxyl groups is 1. The van der Waals surface area contributed by atoms with Crippen LogP contribution in [-0.4, -0.2) is 46.8 Å². The summed E-state index contributed by atoms with van der Waals surface area (Å²) in [6.07, 6.45) is 5.78. The number of carboxylic acid groups (broad SMARTS) is 1. The molecule has 1 saturated carbocycles. The summed E-state index contributed by atoms with van der Waals surface area (Å²) in [5.41, 5.74) is 2.93. The molecule has 0 spiro atoms. The predicted octanol–water partition coefficient (Wildman–Crippen LogP) is 4.47. The average molecular weight is 422 g/mol. The molecule has 2 aliphatic carbocycles. The summed E-state index contributed by atoms with van der Waals surface area (Å²) in [5.74, 6) is 1.49. The fourth-order valence-electron chi connectivity index (χ4n) is 5.93. The molecule has 0 aromatic heterocycles. The van der Waals surface area contributed by atoms with Crippen molar-refractivity contribution in [2.24, 2.45) is 11.8 Å². The summed E-state index contributed by atoms with van der Waals surface area (Å²) < 4.78 is 6.06. The van der Waals surface area contributed by atoms with Gasteiger partial charge in [-0.2, -0.15) is 0 Å². The molecule has 5 heteroatoms. The standard InChI is InChI=1S/C26H31NO4/c1-17-24-14-20-4-7-21(28)15-23(20)26(17,10-12-27(24)16-18-2-3-18)11-13-31-22-8-5-19(6-9-22)25(29)30/h4-9,15,17-18,24,28H,2-3,10-14,16H2,1H3,(H,29,30). The number of nitrogens with zero attached hydrogens (tertiary/aromatic N) is 1. The van der Waals surface area contributed by atoms with E-state index in [1.54, 1.807) is 24.3 Å². The number of hydrogen-bond donors (Lipinski definition) is 2. The van der Waals surface area contributed by atoms with Crippen LogP contribution in [-0.2, 0) is 11.8 Å². The first kappa shape index (κ1) is 20.4. The zero-order valence-corrected chi connectivity index (χ0v) is 18.1. The normalized spacial score (nSPS) is 27.5. The van der Waals surface area contributed by atoms with E-state index in [4.69, 9.17) is 9.84 Å². The molecule has 31 heavy (non-hydrogen) atoms. The summed E-state index contributed by atoms with van der Waals surface area (Å²) in [4.78, 5) is 13.8. The van der Waals surface area contributed by atoms with Gasteiger partial charge in [0.15, 0.2) is 0 Å². The number of piperidine rings is 1. The van der Waals surface area contributed by atoms with Gasteiger partial charge in [0.1, 0.15) is 11.5 Å². The molecule has 3 aliphatic rings. The van der Waals surface area contributed by atoms with E-state index in [-0.39, 0.29) is 11.0 Å². The minimum absolute atomic E-state index is 0.00194. The lowest BCUT2D eigenvalue weighted by molar-refractivity contribution is 0.00988. The van der Waals surface area contributed by atoms with Gasteiger partial charge in [0.2, 0.25) is 0 Å². The van der Waals surface area contributed by atoms with Gasteiger partial charge in [-0.3, -0.25) is 4.90 Å². The summed E-state index contributed by atoms with van der Waals surface area (Å²) >= 11 is 0. The molecule has 5 rings (SSSR count). The molecule has 164 valence electrons. The number of benzene rings is 2. The van der Waals surface area contributed by atoms with Crippen molar-refractivity contribution in [1.82, 2.24) is 4.90 Å². The summed E-state index contributed by atoms with van der Waals surface area (Å²) in [7, 11) is 0. The first-order valence-electron chi connectivity index (χ1n) is 11.5. The topological polar surface area (TPSA) is 70.0 Å². The SMILES string of the molecule is CC1C2Cc3ccc(O)cc3C1(CCOc1ccc(C(=O)O)cc1)CCN2CC1CC1. The average Bonchev–Trinajstić information content (AvgIpc) is 3.57. The molecule has 2 N–H and O–H groups in total. The predicted molar refractivity (Wildman–Crippen MR) is 119 cm³/mol. The molecule has 1 aliphatic heterocycles. The highest BCUT2D eigenvalue weighted by Crippen LogP contribution is 2.52. The van der Waals surface area contributed by atoms with Crippen molar-refractivity contribution >= 4 is 5.97 Å². The molecule has 5 nitrogen and oxygen atoms in total. The maximum atomic E-state index is 11.1. The molecular formula is C26H31NO4. The third-order valence-corrected chi connectivity index (χ3v) is 7.93. The maximum absolute atomic E-state index is 11.1. The van der Waals surface area contributed by atoms with Crippen LogP contribution in [0.5, 0.6) is 11.5 Å². The van der Waals surface area contributed by atoms with E-state index in [1.165, 1.54) is 30.5 Å². The monoisotopic (exact) mass is 421 g/mol. The van der Waals surface area contributed by atoms with Crippen LogP contribution in [0, 0.1) is 11.8 Å². The number of hydrogen-bond acceptors (Lipinski definition) is 4. The van der Waals surface area contributed by atoms with E-state index in [0.29, 0.717) is 30.1 Å². The van der Waals surface area contributed by atoms with Gasteiger partial charge < -0.3 is 14.9 Å². The fraction of sp³-hybridized carbons (Fsp3) is 0.500. The van der Waals surface area contributed by atoms with E-state index in [0.717, 1.165) is 31.7 Å². The highest BCUT2D eigenvalue weighted by molar-refractivity contribution is 5.87. The fourth-order valence-corrected chi connectivity index (χ4v) is 5.93. The zero-order chi connectivity index (χ0) is 21.6. The number of phenolic OH excluding ortho intramolecular Hbond substituents is 1. The van der Waals surface area contributed by atoms with Crippen molar-refractivity contribution < 1.29 is 19.7 Å². The molecule has 2 aromatic rings. The maximum Gasteiger partial charge on any atom is 0.335 e. The second-order valence-electron chi connectivity index (χ2n) is 9.67. The summed E-state index contributed by atoms with van der Waals surface area (Å²) in [6.45, 7) is 5.29. The van der Waals surface area contributed by atoms with E-state index in [9.17, 15) is 9.90 Å². The second-order valence-corrected chi connectivity index (χ2v) is 9.67. The minimum atomic E-state index is -0.929. The van der Waals surface area contributed by atoms with Crippen molar-refractivity contribution in [3.8, 4) is 11.5 Å². The van der Waals surface area contributed by atoms with Crippen LogP contribution < -0.4 is 4.74 Å². The Morgan fingerprint density at radius 1 is 1.19 bits per heavy atom. The molecule has 0 radical (unpaired) electrons. The summed E-state index contributed by atoms with van der Waals surface area (Å²) in [6, 6.07) is 13.1. The number of rotatable bonds is 7. The molecule has 3 atom stereocenters. The van der Waals surface area contributed by atoms with Crippen LogP contribution in [0.4, 0.5) is 0 Å². The second kappa shape index (κ2) is 7.86. The van der Waals surface area contributed by atoms with Gasteiger partial charge in [-0.05, 0) is 98.0 Å². The van der Waals surface area contributed by atoms with Crippen LogP contribution in [0.2, 0.25) is 0 Å². The third kappa shape index (κ3) is 3.80. The van der Waals surface area contributed by atoms with E-state index in [2.05, 4.69) is 17.9 Å². The molecular weight excluding hydrogens is 390 g/mol. The Labute approximate surface area is 183 Å². The van der Waals surface area contributed by atoms with Crippen LogP contribution in [0.25, 0.3) is 0 Å². The van der Waals surface area contributed by atoms with Crippen molar-refractivity contribution in [3.63, 3.8) is 0 Å². The smallest absolute Gasteiger partial charge is 0.335 e. The number of carbonyl (C=O) groups is 1. The summed E-state index contributed by atoms with van der Waals surface area (Å²) in [5, 5.41) is 19.3. The van der Waals surface area contributed by atoms with Gasteiger partial charge in [-0.15, -0.1) is 0 Å². The van der Waals surface area contributed by atoms with Gasteiger partial charge in [0.05, 0.1) is 12.2 Å². The lowest BCUT2D eigenvalue weighted by Crippen LogP contribution is -2.59. The van der Waals surface area contributed by atoms with Crippen molar-refractivity contribution in [2.45, 2.75) is 50.5 Å². The first-order valence-corrected chi connectivity index (χ1v) is 11.5. The van der Waals surface area contributed by atoms with E-state index < -0.39 is 5.97 Å². The largest absolute Gasteiger partial charge is 0.508 e. The molecule has 1 saturated heterocycles.